The summed E-state index contributed by atoms with van der Waals surface area (Å²) in [5.74, 6) is -0.253. The number of aryl methyl sites for hydroxylation is 1. The zero-order chi connectivity index (χ0) is 17.7. The van der Waals surface area contributed by atoms with Crippen molar-refractivity contribution in [1.29, 1.82) is 0 Å². The highest BCUT2D eigenvalue weighted by Crippen LogP contribution is 2.35. The van der Waals surface area contributed by atoms with Crippen LogP contribution in [0.25, 0.3) is 10.8 Å². The maximum Gasteiger partial charge on any atom is 0.254 e. The molecule has 3 aromatic rings. The standard InChI is InChI=1S/C21H20FN3O/c22-19-9-8-18(16-3-1-2-4-17(16)19)21(26)25(14-5-6-14)15-7-10-20-13(11-15)12-23-24-20/h1-4,8-9,12,14-15H,5-7,10-11H2,(H,23,24). The molecule has 0 spiro atoms. The minimum Gasteiger partial charge on any atom is -0.332 e. The number of H-pyrrole nitrogens is 1. The van der Waals surface area contributed by atoms with E-state index >= 15 is 0 Å². The van der Waals surface area contributed by atoms with Crippen molar-refractivity contribution >= 4 is 16.7 Å². The zero-order valence-corrected chi connectivity index (χ0v) is 14.4. The van der Waals surface area contributed by atoms with Gasteiger partial charge in [-0.3, -0.25) is 9.89 Å². The number of nitrogens with zero attached hydrogens (tertiary/aromatic N) is 2. The van der Waals surface area contributed by atoms with Gasteiger partial charge in [0.05, 0.1) is 6.20 Å². The number of hydrogen-bond donors (Lipinski definition) is 1. The molecule has 2 aliphatic rings. The van der Waals surface area contributed by atoms with E-state index in [2.05, 4.69) is 15.1 Å². The van der Waals surface area contributed by atoms with Crippen molar-refractivity contribution in [1.82, 2.24) is 15.1 Å². The van der Waals surface area contributed by atoms with E-state index in [4.69, 9.17) is 0 Å². The number of hydrogen-bond acceptors (Lipinski definition) is 2. The number of carbonyl (C=O) groups excluding carboxylic acids is 1. The molecule has 1 amide bonds. The van der Waals surface area contributed by atoms with Crippen LogP contribution in [0.4, 0.5) is 4.39 Å². The quantitative estimate of drug-likeness (QED) is 0.780. The van der Waals surface area contributed by atoms with Crippen molar-refractivity contribution in [3.8, 4) is 0 Å². The number of aromatic nitrogens is 2. The van der Waals surface area contributed by atoms with E-state index in [1.165, 1.54) is 17.3 Å². The number of fused-ring (bicyclic) bond motifs is 2. The summed E-state index contributed by atoms with van der Waals surface area (Å²) in [6.45, 7) is 0. The highest BCUT2D eigenvalue weighted by atomic mass is 19.1. The Balaban J connectivity index is 1.53. The summed E-state index contributed by atoms with van der Waals surface area (Å²) >= 11 is 0. The largest absolute Gasteiger partial charge is 0.332 e. The minimum absolute atomic E-state index is 0.0284. The molecule has 1 unspecified atom stereocenters. The second-order valence-corrected chi connectivity index (χ2v) is 7.35. The Hall–Kier alpha value is -2.69. The Bertz CT molecular complexity index is 992. The lowest BCUT2D eigenvalue weighted by atomic mass is 9.91. The SMILES string of the molecule is O=C(c1ccc(F)c2ccccc12)N(C1CC1)C1CCc2[nH]ncc2C1. The summed E-state index contributed by atoms with van der Waals surface area (Å²) in [4.78, 5) is 15.5. The van der Waals surface area contributed by atoms with E-state index in [0.29, 0.717) is 22.4 Å². The van der Waals surface area contributed by atoms with Crippen LogP contribution in [0.3, 0.4) is 0 Å². The molecule has 5 rings (SSSR count). The first-order valence-electron chi connectivity index (χ1n) is 9.23. The molecule has 5 heteroatoms. The molecule has 1 N–H and O–H groups in total. The Kier molecular flexibility index (Phi) is 3.55. The molecule has 0 radical (unpaired) electrons. The molecule has 0 bridgehead atoms. The molecule has 2 aliphatic carbocycles. The smallest absolute Gasteiger partial charge is 0.254 e. The summed E-state index contributed by atoms with van der Waals surface area (Å²) in [7, 11) is 0. The lowest BCUT2D eigenvalue weighted by molar-refractivity contribution is 0.0645. The van der Waals surface area contributed by atoms with Crippen LogP contribution in [0.1, 0.15) is 40.9 Å². The maximum absolute atomic E-state index is 14.2. The molecule has 1 atom stereocenters. The first kappa shape index (κ1) is 15.6. The number of halogens is 1. The summed E-state index contributed by atoms with van der Waals surface area (Å²) in [6, 6.07) is 10.8. The van der Waals surface area contributed by atoms with Crippen LogP contribution in [-0.4, -0.2) is 33.1 Å². The van der Waals surface area contributed by atoms with Crippen molar-refractivity contribution < 1.29 is 9.18 Å². The molecular formula is C21H20FN3O. The third kappa shape index (κ3) is 2.50. The average Bonchev–Trinajstić information content (AvgIpc) is 3.38. The van der Waals surface area contributed by atoms with Gasteiger partial charge in [0.1, 0.15) is 5.82 Å². The van der Waals surface area contributed by atoms with Gasteiger partial charge in [0.2, 0.25) is 0 Å². The van der Waals surface area contributed by atoms with Crippen molar-refractivity contribution in [3.63, 3.8) is 0 Å². The van der Waals surface area contributed by atoms with Crippen molar-refractivity contribution in [2.45, 2.75) is 44.2 Å². The molecule has 0 aliphatic heterocycles. The second kappa shape index (κ2) is 5.94. The fourth-order valence-corrected chi connectivity index (χ4v) is 4.20. The predicted octanol–water partition coefficient (Wildman–Crippen LogP) is 3.86. The van der Waals surface area contributed by atoms with Gasteiger partial charge in [-0.1, -0.05) is 24.3 Å². The summed E-state index contributed by atoms with van der Waals surface area (Å²) in [6.07, 6.45) is 6.69. The molecule has 132 valence electrons. The number of nitrogens with one attached hydrogen (secondary N) is 1. The summed E-state index contributed by atoms with van der Waals surface area (Å²) in [5, 5.41) is 8.41. The van der Waals surface area contributed by atoms with Crippen LogP contribution < -0.4 is 0 Å². The predicted molar refractivity (Wildman–Crippen MR) is 97.5 cm³/mol. The van der Waals surface area contributed by atoms with Crippen LogP contribution in [-0.2, 0) is 12.8 Å². The van der Waals surface area contributed by atoms with Gasteiger partial charge < -0.3 is 4.90 Å². The van der Waals surface area contributed by atoms with Crippen LogP contribution in [0.5, 0.6) is 0 Å². The number of amides is 1. The van der Waals surface area contributed by atoms with E-state index in [-0.39, 0.29) is 17.8 Å². The van der Waals surface area contributed by atoms with Gasteiger partial charge in [0.25, 0.3) is 5.91 Å². The second-order valence-electron chi connectivity index (χ2n) is 7.35. The monoisotopic (exact) mass is 349 g/mol. The first-order chi connectivity index (χ1) is 12.7. The van der Waals surface area contributed by atoms with Crippen LogP contribution in [0.15, 0.2) is 42.6 Å². The van der Waals surface area contributed by atoms with Crippen molar-refractivity contribution in [2.75, 3.05) is 0 Å². The summed E-state index contributed by atoms with van der Waals surface area (Å²) < 4.78 is 14.2. The molecule has 1 aromatic heterocycles. The van der Waals surface area contributed by atoms with E-state index < -0.39 is 0 Å². The van der Waals surface area contributed by atoms with Crippen LogP contribution in [0, 0.1) is 5.82 Å². The normalized spacial score (nSPS) is 19.3. The molecule has 1 saturated carbocycles. The lowest BCUT2D eigenvalue weighted by Gasteiger charge is -2.34. The van der Waals surface area contributed by atoms with Gasteiger partial charge in [0, 0.05) is 28.7 Å². The number of aromatic amines is 1. The van der Waals surface area contributed by atoms with Crippen molar-refractivity contribution in [3.05, 3.63) is 65.2 Å². The number of carbonyl (C=O) groups is 1. The van der Waals surface area contributed by atoms with E-state index in [1.807, 2.05) is 18.3 Å². The van der Waals surface area contributed by atoms with Gasteiger partial charge in [0.15, 0.2) is 0 Å². The lowest BCUT2D eigenvalue weighted by Crippen LogP contribution is -2.44. The number of benzene rings is 2. The highest BCUT2D eigenvalue weighted by molar-refractivity contribution is 6.07. The van der Waals surface area contributed by atoms with Crippen molar-refractivity contribution in [2.24, 2.45) is 0 Å². The molecule has 4 nitrogen and oxygen atoms in total. The minimum atomic E-state index is -0.282. The van der Waals surface area contributed by atoms with E-state index in [0.717, 1.165) is 32.1 Å². The highest BCUT2D eigenvalue weighted by Gasteiger charge is 2.39. The number of rotatable bonds is 3. The molecule has 1 fully saturated rings. The van der Waals surface area contributed by atoms with Gasteiger partial charge in [-0.25, -0.2) is 4.39 Å². The average molecular weight is 349 g/mol. The molecule has 1 heterocycles. The van der Waals surface area contributed by atoms with Crippen LogP contribution in [0.2, 0.25) is 0 Å². The van der Waals surface area contributed by atoms with Gasteiger partial charge in [-0.15, -0.1) is 0 Å². The summed E-state index contributed by atoms with van der Waals surface area (Å²) in [5.41, 5.74) is 3.01. The van der Waals surface area contributed by atoms with Gasteiger partial charge in [-0.05, 0) is 55.2 Å². The van der Waals surface area contributed by atoms with Gasteiger partial charge in [-0.2, -0.15) is 5.10 Å². The van der Waals surface area contributed by atoms with E-state index in [9.17, 15) is 9.18 Å². The van der Waals surface area contributed by atoms with E-state index in [1.54, 1.807) is 18.2 Å². The Morgan fingerprint density at radius 3 is 2.69 bits per heavy atom. The maximum atomic E-state index is 14.2. The first-order valence-corrected chi connectivity index (χ1v) is 9.23. The Labute approximate surface area is 151 Å². The molecular weight excluding hydrogens is 329 g/mol. The van der Waals surface area contributed by atoms with Gasteiger partial charge >= 0.3 is 0 Å². The Morgan fingerprint density at radius 1 is 1.08 bits per heavy atom. The topological polar surface area (TPSA) is 49.0 Å². The fraction of sp³-hybridized carbons (Fsp3) is 0.333. The Morgan fingerprint density at radius 2 is 1.88 bits per heavy atom. The zero-order valence-electron chi connectivity index (χ0n) is 14.4. The molecule has 26 heavy (non-hydrogen) atoms. The fourth-order valence-electron chi connectivity index (χ4n) is 4.20. The van der Waals surface area contributed by atoms with Crippen LogP contribution >= 0.6 is 0 Å². The third-order valence-corrected chi connectivity index (χ3v) is 5.66. The molecule has 0 saturated heterocycles. The molecule has 2 aromatic carbocycles. The third-order valence-electron chi connectivity index (χ3n) is 5.66.